The number of carbonyl (C=O) groups is 1. The Labute approximate surface area is 515 Å². The Bertz CT molecular complexity index is 1840. The fourth-order valence-electron chi connectivity index (χ4n) is 10.4. The minimum Gasteiger partial charge on any atom is -0.394 e. The van der Waals surface area contributed by atoms with Gasteiger partial charge in [0.05, 0.1) is 32.0 Å². The lowest BCUT2D eigenvalue weighted by molar-refractivity contribution is -0.359. The molecule has 12 atom stereocenters. The maximum Gasteiger partial charge on any atom is 0.220 e. The molecule has 2 fully saturated rings. The molecule has 2 rings (SSSR count). The van der Waals surface area contributed by atoms with Crippen molar-refractivity contribution in [1.29, 1.82) is 0 Å². The molecule has 2 heterocycles. The Balaban J connectivity index is 1.60. The quantitative estimate of drug-likeness (QED) is 0.0204. The molecule has 0 aliphatic carbocycles. The van der Waals surface area contributed by atoms with Crippen molar-refractivity contribution in [1.82, 2.24) is 5.32 Å². The molecule has 0 aromatic rings. The Hall–Kier alpha value is -3.35. The first kappa shape index (κ1) is 77.7. The molecule has 0 saturated carbocycles. The molecular formula is C71H121NO13. The number of ether oxygens (including phenoxy) is 4. The van der Waals surface area contributed by atoms with Crippen LogP contribution < -0.4 is 5.32 Å². The zero-order valence-corrected chi connectivity index (χ0v) is 52.8. The molecule has 85 heavy (non-hydrogen) atoms. The van der Waals surface area contributed by atoms with Gasteiger partial charge >= 0.3 is 0 Å². The van der Waals surface area contributed by atoms with Crippen LogP contribution in [0.2, 0.25) is 0 Å². The van der Waals surface area contributed by atoms with E-state index >= 15 is 0 Å². The number of aliphatic hydroxyl groups excluding tert-OH is 8. The Morgan fingerprint density at radius 2 is 0.812 bits per heavy atom. The number of hydrogen-bond donors (Lipinski definition) is 9. The van der Waals surface area contributed by atoms with Gasteiger partial charge in [-0.15, -0.1) is 0 Å². The van der Waals surface area contributed by atoms with Gasteiger partial charge in [-0.3, -0.25) is 4.79 Å². The van der Waals surface area contributed by atoms with Gasteiger partial charge in [0.1, 0.15) is 48.8 Å². The smallest absolute Gasteiger partial charge is 0.220 e. The van der Waals surface area contributed by atoms with Crippen LogP contribution in [0.5, 0.6) is 0 Å². The number of hydrogen-bond acceptors (Lipinski definition) is 13. The van der Waals surface area contributed by atoms with Gasteiger partial charge < -0.3 is 65.1 Å². The van der Waals surface area contributed by atoms with E-state index in [4.69, 9.17) is 18.9 Å². The van der Waals surface area contributed by atoms with Crippen LogP contribution in [-0.4, -0.2) is 140 Å². The maximum atomic E-state index is 13.3. The molecule has 14 heteroatoms. The zero-order valence-electron chi connectivity index (χ0n) is 52.8. The average Bonchev–Trinajstić information content (AvgIpc) is 3.60. The van der Waals surface area contributed by atoms with Gasteiger partial charge in [0.25, 0.3) is 0 Å². The second kappa shape index (κ2) is 54.8. The molecule has 1 amide bonds. The van der Waals surface area contributed by atoms with Crippen molar-refractivity contribution in [2.75, 3.05) is 19.8 Å². The van der Waals surface area contributed by atoms with Crippen LogP contribution >= 0.6 is 0 Å². The molecule has 9 N–H and O–H groups in total. The summed E-state index contributed by atoms with van der Waals surface area (Å²) >= 11 is 0. The van der Waals surface area contributed by atoms with E-state index in [1.165, 1.54) is 96.3 Å². The van der Waals surface area contributed by atoms with Crippen molar-refractivity contribution >= 4 is 5.91 Å². The van der Waals surface area contributed by atoms with E-state index < -0.39 is 86.8 Å². The lowest BCUT2D eigenvalue weighted by atomic mass is 9.97. The maximum absolute atomic E-state index is 13.3. The number of carbonyl (C=O) groups excluding carboxylic acids is 1. The van der Waals surface area contributed by atoms with Gasteiger partial charge in [-0.1, -0.05) is 258 Å². The van der Waals surface area contributed by atoms with E-state index in [-0.39, 0.29) is 12.5 Å². The highest BCUT2D eigenvalue weighted by Gasteiger charge is 2.51. The van der Waals surface area contributed by atoms with Crippen molar-refractivity contribution in [3.8, 4) is 0 Å². The Morgan fingerprint density at radius 3 is 1.25 bits per heavy atom. The zero-order chi connectivity index (χ0) is 61.6. The van der Waals surface area contributed by atoms with Gasteiger partial charge in [0.15, 0.2) is 12.6 Å². The summed E-state index contributed by atoms with van der Waals surface area (Å²) in [6.45, 7) is 2.73. The van der Waals surface area contributed by atoms with Crippen molar-refractivity contribution in [2.24, 2.45) is 0 Å². The van der Waals surface area contributed by atoms with Crippen LogP contribution in [-0.2, 0) is 23.7 Å². The van der Waals surface area contributed by atoms with Crippen molar-refractivity contribution < 1.29 is 64.6 Å². The van der Waals surface area contributed by atoms with Gasteiger partial charge in [0, 0.05) is 6.42 Å². The Morgan fingerprint density at radius 1 is 0.435 bits per heavy atom. The molecule has 12 unspecified atom stereocenters. The van der Waals surface area contributed by atoms with E-state index in [9.17, 15) is 45.6 Å². The SMILES string of the molecule is CC/C=C\C/C=C\C/C=C\C/C=C\C/C=C\C/C=C\C/C=C\C/C=C\C/C=C\CCCCCCCCCCCCCC(=O)NC(COC1OC(CO)C(OC2OC(CO)C(O)C(O)C2O)C(O)C1O)C(O)CCCCCCCCCCCCCC. The van der Waals surface area contributed by atoms with Gasteiger partial charge in [-0.05, 0) is 83.5 Å². The predicted octanol–water partition coefficient (Wildman–Crippen LogP) is 13.2. The summed E-state index contributed by atoms with van der Waals surface area (Å²) < 4.78 is 22.8. The third-order valence-corrected chi connectivity index (χ3v) is 15.8. The molecule has 0 aromatic heterocycles. The van der Waals surface area contributed by atoms with Crippen LogP contribution in [0.15, 0.2) is 109 Å². The summed E-state index contributed by atoms with van der Waals surface area (Å²) in [6.07, 6.45) is 61.1. The molecule has 14 nitrogen and oxygen atoms in total. The third-order valence-electron chi connectivity index (χ3n) is 15.8. The molecule has 2 aliphatic heterocycles. The molecule has 0 radical (unpaired) electrons. The molecule has 488 valence electrons. The van der Waals surface area contributed by atoms with E-state index in [0.29, 0.717) is 19.3 Å². The van der Waals surface area contributed by atoms with Crippen molar-refractivity contribution in [2.45, 2.75) is 312 Å². The van der Waals surface area contributed by atoms with E-state index in [1.807, 2.05) is 0 Å². The second-order valence-electron chi connectivity index (χ2n) is 23.2. The molecule has 0 aromatic carbocycles. The van der Waals surface area contributed by atoms with Crippen molar-refractivity contribution in [3.63, 3.8) is 0 Å². The van der Waals surface area contributed by atoms with Crippen LogP contribution in [0, 0.1) is 0 Å². The van der Waals surface area contributed by atoms with Crippen LogP contribution in [0.25, 0.3) is 0 Å². The van der Waals surface area contributed by atoms with Crippen LogP contribution in [0.4, 0.5) is 0 Å². The first-order chi connectivity index (χ1) is 41.6. The highest BCUT2D eigenvalue weighted by molar-refractivity contribution is 5.76. The standard InChI is InChI=1S/C71H121NO13/c1-3-5-7-9-11-13-15-17-18-19-20-21-22-23-24-25-26-27-28-29-30-31-32-33-34-35-36-37-38-39-40-41-42-43-45-47-49-51-53-55-63(76)72-59(60(75)54-52-50-48-46-44-16-14-12-10-8-6-4-2)58-82-70-68(81)66(79)69(62(57-74)84-70)85-71-67(80)65(78)64(77)61(56-73)83-71/h5,7,11,13,17-18,20-21,23-24,26-27,29-30,32-33,35-36,59-62,64-71,73-75,77-81H,3-4,6,8-10,12,14-16,19,22,25,28,31,34,37-58H2,1-2H3,(H,72,76)/b7-5-,13-11-,18-17-,21-20-,24-23-,27-26-,30-29-,33-32-,36-35-. The lowest BCUT2D eigenvalue weighted by Crippen LogP contribution is -2.65. The molecule has 2 saturated heterocycles. The minimum atomic E-state index is -1.79. The number of aliphatic hydroxyl groups is 8. The van der Waals surface area contributed by atoms with Crippen LogP contribution in [0.3, 0.4) is 0 Å². The predicted molar refractivity (Wildman–Crippen MR) is 345 cm³/mol. The molecule has 2 aliphatic rings. The number of unbranched alkanes of at least 4 members (excludes halogenated alkanes) is 22. The topological polar surface area (TPSA) is 228 Å². The van der Waals surface area contributed by atoms with Gasteiger partial charge in [-0.2, -0.15) is 0 Å². The minimum absolute atomic E-state index is 0.214. The highest BCUT2D eigenvalue weighted by Crippen LogP contribution is 2.30. The first-order valence-corrected chi connectivity index (χ1v) is 33.6. The number of amides is 1. The van der Waals surface area contributed by atoms with Crippen LogP contribution in [0.1, 0.15) is 239 Å². The number of rotatable bonds is 53. The average molecular weight is 1200 g/mol. The lowest BCUT2D eigenvalue weighted by Gasteiger charge is -2.46. The third kappa shape index (κ3) is 39.3. The summed E-state index contributed by atoms with van der Waals surface area (Å²) in [6, 6.07) is -0.836. The Kier molecular flexibility index (Phi) is 50.1. The monoisotopic (exact) mass is 1200 g/mol. The summed E-state index contributed by atoms with van der Waals surface area (Å²) in [5.41, 5.74) is 0. The number of allylic oxidation sites excluding steroid dienone is 18. The summed E-state index contributed by atoms with van der Waals surface area (Å²) in [7, 11) is 0. The summed E-state index contributed by atoms with van der Waals surface area (Å²) in [4.78, 5) is 13.3. The first-order valence-electron chi connectivity index (χ1n) is 33.6. The molecule has 0 spiro atoms. The van der Waals surface area contributed by atoms with Crippen molar-refractivity contribution in [3.05, 3.63) is 109 Å². The van der Waals surface area contributed by atoms with E-state index in [2.05, 4.69) is 129 Å². The number of nitrogens with one attached hydrogen (secondary N) is 1. The highest BCUT2D eigenvalue weighted by atomic mass is 16.7. The fourth-order valence-corrected chi connectivity index (χ4v) is 10.4. The molecular weight excluding hydrogens is 1070 g/mol. The summed E-state index contributed by atoms with van der Waals surface area (Å²) in [5, 5.41) is 87.3. The second-order valence-corrected chi connectivity index (χ2v) is 23.2. The van der Waals surface area contributed by atoms with E-state index in [0.717, 1.165) is 109 Å². The fraction of sp³-hybridized carbons (Fsp3) is 0.732. The molecule has 0 bridgehead atoms. The van der Waals surface area contributed by atoms with Gasteiger partial charge in [0.2, 0.25) is 5.91 Å². The van der Waals surface area contributed by atoms with Gasteiger partial charge in [-0.25, -0.2) is 0 Å². The van der Waals surface area contributed by atoms with E-state index in [1.54, 1.807) is 0 Å². The normalized spacial score (nSPS) is 24.3. The largest absolute Gasteiger partial charge is 0.394 e. The summed E-state index contributed by atoms with van der Waals surface area (Å²) in [5.74, 6) is -0.214.